The van der Waals surface area contributed by atoms with Crippen molar-refractivity contribution in [1.82, 2.24) is 0 Å². The number of hydrogen-bond donors (Lipinski definition) is 0. The van der Waals surface area contributed by atoms with Crippen LogP contribution in [0.5, 0.6) is 0 Å². The SMILES string of the molecule is CCCCC(CCCC)C(C)(C)C.CCCCCC(CCCCC)C(C)(C)C.CCCCCCC(CCCCCC)C(C)(C)C. The van der Waals surface area contributed by atoms with Gasteiger partial charge in [0.15, 0.2) is 0 Å². The van der Waals surface area contributed by atoms with E-state index in [1.54, 1.807) is 0 Å². The van der Waals surface area contributed by atoms with E-state index in [0.717, 1.165) is 17.8 Å². The molecule has 0 aliphatic rings. The Balaban J connectivity index is -0.000000593. The summed E-state index contributed by atoms with van der Waals surface area (Å²) in [5.74, 6) is 2.82. The number of unbranched alkanes of at least 4 members (excludes halogenated alkanes) is 12. The molecule has 0 heterocycles. The Morgan fingerprint density at radius 2 is 0.422 bits per heavy atom. The lowest BCUT2D eigenvalue weighted by Gasteiger charge is -2.31. The van der Waals surface area contributed by atoms with E-state index < -0.39 is 0 Å². The Labute approximate surface area is 291 Å². The molecule has 0 spiro atoms. The summed E-state index contributed by atoms with van der Waals surface area (Å²) in [6, 6.07) is 0. The molecule has 0 bridgehead atoms. The van der Waals surface area contributed by atoms with Crippen LogP contribution in [0.3, 0.4) is 0 Å². The van der Waals surface area contributed by atoms with Gasteiger partial charge in [0.25, 0.3) is 0 Å². The summed E-state index contributed by atoms with van der Waals surface area (Å²) < 4.78 is 0. The van der Waals surface area contributed by atoms with Crippen molar-refractivity contribution in [2.24, 2.45) is 34.0 Å². The molecule has 0 aliphatic heterocycles. The number of hydrogen-bond acceptors (Lipinski definition) is 0. The molecular weight excluding hydrogens is 540 g/mol. The summed E-state index contributed by atoms with van der Waals surface area (Å²) in [6.07, 6.45) is 33.9. The predicted octanol–water partition coefficient (Wildman–Crippen LogP) is 17.4. The fourth-order valence-corrected chi connectivity index (χ4v) is 6.85. The second-order valence-electron chi connectivity index (χ2n) is 18.2. The third-order valence-electron chi connectivity index (χ3n) is 10.6. The van der Waals surface area contributed by atoms with Gasteiger partial charge in [-0.2, -0.15) is 0 Å². The molecule has 0 fully saturated rings. The van der Waals surface area contributed by atoms with Crippen LogP contribution in [0.25, 0.3) is 0 Å². The van der Waals surface area contributed by atoms with E-state index in [1.165, 1.54) is 154 Å². The van der Waals surface area contributed by atoms with Crippen LogP contribution >= 0.6 is 0 Å². The van der Waals surface area contributed by atoms with Crippen molar-refractivity contribution >= 4 is 0 Å². The summed E-state index contributed by atoms with van der Waals surface area (Å²) in [5.41, 5.74) is 1.55. The van der Waals surface area contributed by atoms with E-state index in [4.69, 9.17) is 0 Å². The maximum absolute atomic E-state index is 2.43. The minimum Gasteiger partial charge on any atom is -0.0654 e. The highest BCUT2D eigenvalue weighted by Gasteiger charge is 2.25. The first kappa shape index (κ1) is 49.4. The van der Waals surface area contributed by atoms with Gasteiger partial charge in [-0.3, -0.25) is 0 Å². The van der Waals surface area contributed by atoms with E-state index in [-0.39, 0.29) is 0 Å². The first-order chi connectivity index (χ1) is 21.1. The van der Waals surface area contributed by atoms with Gasteiger partial charge in [-0.05, 0) is 72.5 Å². The van der Waals surface area contributed by atoms with Crippen LogP contribution in [0.2, 0.25) is 0 Å². The molecule has 0 atom stereocenters. The van der Waals surface area contributed by atoms with Crippen molar-refractivity contribution in [1.29, 1.82) is 0 Å². The molecule has 0 N–H and O–H groups in total. The lowest BCUT2D eigenvalue weighted by atomic mass is 9.75. The summed E-state index contributed by atoms with van der Waals surface area (Å²) in [6.45, 7) is 35.5. The summed E-state index contributed by atoms with van der Waals surface area (Å²) >= 11 is 0. The Morgan fingerprint density at radius 3 is 0.622 bits per heavy atom. The van der Waals surface area contributed by atoms with Gasteiger partial charge in [0.05, 0.1) is 0 Å². The van der Waals surface area contributed by atoms with Crippen LogP contribution in [-0.2, 0) is 0 Å². The first-order valence-electron chi connectivity index (χ1n) is 21.1. The van der Waals surface area contributed by atoms with Gasteiger partial charge in [-0.25, -0.2) is 0 Å². The van der Waals surface area contributed by atoms with Crippen molar-refractivity contribution in [2.75, 3.05) is 0 Å². The van der Waals surface area contributed by atoms with Crippen LogP contribution in [-0.4, -0.2) is 0 Å². The maximum atomic E-state index is 2.43. The second-order valence-corrected chi connectivity index (χ2v) is 18.2. The molecule has 0 heteroatoms. The normalized spacial score (nSPS) is 12.4. The molecule has 0 aliphatic carbocycles. The monoisotopic (exact) mass is 637 g/mol. The van der Waals surface area contributed by atoms with Crippen LogP contribution in [0.15, 0.2) is 0 Å². The van der Waals surface area contributed by atoms with E-state index in [1.807, 2.05) is 0 Å². The topological polar surface area (TPSA) is 0 Å². The minimum absolute atomic E-state index is 0.512. The molecular formula is C45H96. The van der Waals surface area contributed by atoms with E-state index in [2.05, 4.69) is 104 Å². The highest BCUT2D eigenvalue weighted by molar-refractivity contribution is 4.76. The highest BCUT2D eigenvalue weighted by Crippen LogP contribution is 2.36. The zero-order chi connectivity index (χ0) is 35.2. The fraction of sp³-hybridized carbons (Fsp3) is 1.00. The molecule has 0 unspecified atom stereocenters. The van der Waals surface area contributed by atoms with Gasteiger partial charge < -0.3 is 0 Å². The second kappa shape index (κ2) is 31.3. The molecule has 0 saturated heterocycles. The zero-order valence-corrected chi connectivity index (χ0v) is 35.2. The van der Waals surface area contributed by atoms with Crippen LogP contribution < -0.4 is 0 Å². The summed E-state index contributed by atoms with van der Waals surface area (Å²) in [4.78, 5) is 0. The third-order valence-corrected chi connectivity index (χ3v) is 10.6. The smallest absolute Gasteiger partial charge is 0.0354 e. The van der Waals surface area contributed by atoms with Crippen molar-refractivity contribution < 1.29 is 0 Å². The minimum atomic E-state index is 0.512. The highest BCUT2D eigenvalue weighted by atomic mass is 14.3. The average Bonchev–Trinajstić information content (AvgIpc) is 2.94. The third kappa shape index (κ3) is 33.7. The Morgan fingerprint density at radius 1 is 0.244 bits per heavy atom. The van der Waals surface area contributed by atoms with Crippen molar-refractivity contribution in [3.63, 3.8) is 0 Å². The summed E-state index contributed by atoms with van der Waals surface area (Å²) in [5, 5.41) is 0. The first-order valence-corrected chi connectivity index (χ1v) is 21.1. The maximum Gasteiger partial charge on any atom is -0.0354 e. The van der Waals surface area contributed by atoms with Crippen LogP contribution in [0, 0.1) is 34.0 Å². The fourth-order valence-electron chi connectivity index (χ4n) is 6.85. The van der Waals surface area contributed by atoms with Gasteiger partial charge in [-0.1, -0.05) is 219 Å². The van der Waals surface area contributed by atoms with E-state index in [0.29, 0.717) is 16.2 Å². The van der Waals surface area contributed by atoms with Crippen molar-refractivity contribution in [3.05, 3.63) is 0 Å². The van der Waals surface area contributed by atoms with Gasteiger partial charge in [0.1, 0.15) is 0 Å². The molecule has 0 saturated carbocycles. The van der Waals surface area contributed by atoms with Gasteiger partial charge in [0.2, 0.25) is 0 Å². The van der Waals surface area contributed by atoms with Crippen molar-refractivity contribution in [2.45, 2.75) is 258 Å². The Kier molecular flexibility index (Phi) is 34.3. The quantitative estimate of drug-likeness (QED) is 0.0925. The lowest BCUT2D eigenvalue weighted by molar-refractivity contribution is 0.201. The molecule has 45 heavy (non-hydrogen) atoms. The lowest BCUT2D eigenvalue weighted by Crippen LogP contribution is -2.20. The molecule has 0 aromatic heterocycles. The Bertz CT molecular complexity index is 520. The van der Waals surface area contributed by atoms with Crippen LogP contribution in [0.4, 0.5) is 0 Å². The number of rotatable bonds is 24. The zero-order valence-electron chi connectivity index (χ0n) is 35.2. The predicted molar refractivity (Wildman–Crippen MR) is 214 cm³/mol. The van der Waals surface area contributed by atoms with Crippen LogP contribution in [0.1, 0.15) is 258 Å². The molecule has 0 nitrogen and oxygen atoms in total. The molecule has 0 aromatic rings. The largest absolute Gasteiger partial charge is 0.0654 e. The average molecular weight is 637 g/mol. The molecule has 0 rings (SSSR count). The Hall–Kier alpha value is 0. The van der Waals surface area contributed by atoms with Gasteiger partial charge >= 0.3 is 0 Å². The molecule has 276 valence electrons. The molecule has 0 radical (unpaired) electrons. The van der Waals surface area contributed by atoms with E-state index in [9.17, 15) is 0 Å². The van der Waals surface area contributed by atoms with Gasteiger partial charge in [-0.15, -0.1) is 0 Å². The van der Waals surface area contributed by atoms with E-state index >= 15 is 0 Å². The molecule has 0 aromatic carbocycles. The standard InChI is InChI=1S/C17H36.C15H32.C13H28/c1-6-8-10-12-14-16(17(3,4)5)15-13-11-9-7-2;1-6-8-10-12-14(15(3,4)5)13-11-9-7-2;1-6-8-10-12(11-9-7-2)13(3,4)5/h16H,6-15H2,1-5H3;14H,6-13H2,1-5H3;12H,6-11H2,1-5H3. The van der Waals surface area contributed by atoms with Crippen molar-refractivity contribution in [3.8, 4) is 0 Å². The van der Waals surface area contributed by atoms with Gasteiger partial charge in [0, 0.05) is 0 Å². The summed E-state index contributed by atoms with van der Waals surface area (Å²) in [7, 11) is 0. The molecule has 0 amide bonds.